The van der Waals surface area contributed by atoms with Gasteiger partial charge in [-0.05, 0) is 32.4 Å². The number of ether oxygens (including phenoxy) is 2. The molecule has 0 spiro atoms. The van der Waals surface area contributed by atoms with E-state index in [1.165, 1.54) is 19.1 Å². The van der Waals surface area contributed by atoms with Crippen molar-refractivity contribution in [2.45, 2.75) is 33.3 Å². The standard InChI is InChI=1S/C19H24FNO4/c1-4-5-13(2)19(23)21-8-9-24-16(11-21)12-25-15-6-7-17(14(3)22)18(20)10-15/h5-7,10,16H,4,8-9,11-12H2,1-3H3. The van der Waals surface area contributed by atoms with Crippen molar-refractivity contribution in [2.75, 3.05) is 26.3 Å². The molecule has 6 heteroatoms. The van der Waals surface area contributed by atoms with Gasteiger partial charge in [0.1, 0.15) is 24.3 Å². The molecule has 2 rings (SSSR count). The van der Waals surface area contributed by atoms with Crippen LogP contribution in [0, 0.1) is 5.82 Å². The number of benzene rings is 1. The largest absolute Gasteiger partial charge is 0.491 e. The Balaban J connectivity index is 1.93. The Bertz CT molecular complexity index is 671. The van der Waals surface area contributed by atoms with E-state index in [0.29, 0.717) is 25.4 Å². The molecule has 1 aliphatic rings. The second-order valence-corrected chi connectivity index (χ2v) is 6.05. The first-order valence-corrected chi connectivity index (χ1v) is 8.43. The van der Waals surface area contributed by atoms with Gasteiger partial charge in [-0.15, -0.1) is 0 Å². The fraction of sp³-hybridized carbons (Fsp3) is 0.474. The topological polar surface area (TPSA) is 55.8 Å². The maximum absolute atomic E-state index is 13.8. The summed E-state index contributed by atoms with van der Waals surface area (Å²) in [5.74, 6) is -0.598. The SMILES string of the molecule is CCC=C(C)C(=O)N1CCOC(COc2ccc(C(C)=O)c(F)c2)C1. The zero-order valence-electron chi connectivity index (χ0n) is 14.9. The lowest BCUT2D eigenvalue weighted by molar-refractivity contribution is -0.135. The number of morpholine rings is 1. The van der Waals surface area contributed by atoms with Crippen LogP contribution in [0.4, 0.5) is 4.39 Å². The Kier molecular flexibility index (Phi) is 6.70. The lowest BCUT2D eigenvalue weighted by atomic mass is 10.1. The van der Waals surface area contributed by atoms with E-state index in [1.807, 2.05) is 19.9 Å². The number of amides is 1. The highest BCUT2D eigenvalue weighted by Gasteiger charge is 2.25. The molecule has 0 bridgehead atoms. The van der Waals surface area contributed by atoms with Gasteiger partial charge < -0.3 is 14.4 Å². The van der Waals surface area contributed by atoms with E-state index < -0.39 is 5.82 Å². The Labute approximate surface area is 147 Å². The van der Waals surface area contributed by atoms with Gasteiger partial charge in [0, 0.05) is 18.2 Å². The number of halogens is 1. The molecule has 1 aromatic rings. The second-order valence-electron chi connectivity index (χ2n) is 6.05. The molecule has 0 aromatic heterocycles. The van der Waals surface area contributed by atoms with Crippen molar-refractivity contribution in [2.24, 2.45) is 0 Å². The molecule has 5 nitrogen and oxygen atoms in total. The van der Waals surface area contributed by atoms with Gasteiger partial charge in [0.2, 0.25) is 5.91 Å². The number of carbonyl (C=O) groups is 2. The first kappa shape index (κ1) is 19.1. The molecule has 1 unspecified atom stereocenters. The van der Waals surface area contributed by atoms with Crippen LogP contribution in [0.25, 0.3) is 0 Å². The molecule has 136 valence electrons. The van der Waals surface area contributed by atoms with Crippen molar-refractivity contribution in [1.29, 1.82) is 0 Å². The van der Waals surface area contributed by atoms with Crippen LogP contribution >= 0.6 is 0 Å². The molecular weight excluding hydrogens is 325 g/mol. The highest BCUT2D eigenvalue weighted by molar-refractivity contribution is 5.94. The van der Waals surface area contributed by atoms with Gasteiger partial charge in [-0.2, -0.15) is 0 Å². The summed E-state index contributed by atoms with van der Waals surface area (Å²) >= 11 is 0. The third-order valence-corrected chi connectivity index (χ3v) is 4.03. The maximum Gasteiger partial charge on any atom is 0.249 e. The second kappa shape index (κ2) is 8.76. The van der Waals surface area contributed by atoms with Gasteiger partial charge in [0.25, 0.3) is 0 Å². The molecule has 1 heterocycles. The highest BCUT2D eigenvalue weighted by Crippen LogP contribution is 2.18. The fourth-order valence-electron chi connectivity index (χ4n) is 2.71. The molecule has 1 atom stereocenters. The smallest absolute Gasteiger partial charge is 0.249 e. The first-order valence-electron chi connectivity index (χ1n) is 8.43. The minimum Gasteiger partial charge on any atom is -0.491 e. The van der Waals surface area contributed by atoms with Gasteiger partial charge in [-0.1, -0.05) is 13.0 Å². The number of nitrogens with zero attached hydrogens (tertiary/aromatic N) is 1. The van der Waals surface area contributed by atoms with Crippen molar-refractivity contribution < 1.29 is 23.5 Å². The van der Waals surface area contributed by atoms with E-state index in [0.717, 1.165) is 12.0 Å². The monoisotopic (exact) mass is 349 g/mol. The molecule has 1 amide bonds. The number of hydrogen-bond acceptors (Lipinski definition) is 4. The first-order chi connectivity index (χ1) is 11.9. The van der Waals surface area contributed by atoms with E-state index in [1.54, 1.807) is 11.0 Å². The van der Waals surface area contributed by atoms with Crippen molar-refractivity contribution in [1.82, 2.24) is 4.90 Å². The molecule has 1 saturated heterocycles. The summed E-state index contributed by atoms with van der Waals surface area (Å²) in [4.78, 5) is 25.3. The Morgan fingerprint density at radius 1 is 1.40 bits per heavy atom. The van der Waals surface area contributed by atoms with Crippen LogP contribution in [0.2, 0.25) is 0 Å². The number of Topliss-reactive ketones (excluding diaryl/α,β-unsaturated/α-hetero) is 1. The van der Waals surface area contributed by atoms with Crippen LogP contribution in [-0.4, -0.2) is 49.0 Å². The fourth-order valence-corrected chi connectivity index (χ4v) is 2.71. The van der Waals surface area contributed by atoms with Crippen LogP contribution in [0.15, 0.2) is 29.8 Å². The summed E-state index contributed by atoms with van der Waals surface area (Å²) in [6, 6.07) is 4.15. The lowest BCUT2D eigenvalue weighted by Crippen LogP contribution is -2.47. The van der Waals surface area contributed by atoms with Crippen LogP contribution in [0.1, 0.15) is 37.6 Å². The third kappa shape index (κ3) is 5.13. The van der Waals surface area contributed by atoms with E-state index in [9.17, 15) is 14.0 Å². The van der Waals surface area contributed by atoms with Crippen LogP contribution in [-0.2, 0) is 9.53 Å². The average molecular weight is 349 g/mol. The number of carbonyl (C=O) groups excluding carboxylic acids is 2. The quantitative estimate of drug-likeness (QED) is 0.585. The number of ketones is 1. The highest BCUT2D eigenvalue weighted by atomic mass is 19.1. The molecule has 1 aromatic carbocycles. The predicted molar refractivity (Wildman–Crippen MR) is 92.3 cm³/mol. The van der Waals surface area contributed by atoms with Gasteiger partial charge in [-0.3, -0.25) is 9.59 Å². The minimum atomic E-state index is -0.605. The predicted octanol–water partition coefficient (Wildman–Crippen LogP) is 2.99. The normalized spacial score (nSPS) is 18.2. The summed E-state index contributed by atoms with van der Waals surface area (Å²) < 4.78 is 25.0. The van der Waals surface area contributed by atoms with Crippen molar-refractivity contribution in [3.63, 3.8) is 0 Å². The average Bonchev–Trinajstić information content (AvgIpc) is 2.59. The molecule has 25 heavy (non-hydrogen) atoms. The number of allylic oxidation sites excluding steroid dienone is 1. The number of rotatable bonds is 6. The molecule has 0 saturated carbocycles. The van der Waals surface area contributed by atoms with Gasteiger partial charge in [0.15, 0.2) is 5.78 Å². The summed E-state index contributed by atoms with van der Waals surface area (Å²) in [5.41, 5.74) is 0.766. The zero-order valence-corrected chi connectivity index (χ0v) is 14.9. The molecule has 0 aliphatic carbocycles. The summed E-state index contributed by atoms with van der Waals surface area (Å²) in [7, 11) is 0. The Morgan fingerprint density at radius 2 is 2.16 bits per heavy atom. The minimum absolute atomic E-state index is 0.00649. The Morgan fingerprint density at radius 3 is 2.80 bits per heavy atom. The number of hydrogen-bond donors (Lipinski definition) is 0. The summed E-state index contributed by atoms with van der Waals surface area (Å²) in [5, 5.41) is 0. The molecule has 0 N–H and O–H groups in total. The molecule has 1 aliphatic heterocycles. The molecule has 1 fully saturated rings. The Hall–Kier alpha value is -2.21. The van der Waals surface area contributed by atoms with E-state index in [2.05, 4.69) is 0 Å². The van der Waals surface area contributed by atoms with Crippen molar-refractivity contribution in [3.8, 4) is 5.75 Å². The van der Waals surface area contributed by atoms with Crippen molar-refractivity contribution in [3.05, 3.63) is 41.2 Å². The van der Waals surface area contributed by atoms with Crippen LogP contribution < -0.4 is 4.74 Å². The van der Waals surface area contributed by atoms with Crippen LogP contribution in [0.3, 0.4) is 0 Å². The summed E-state index contributed by atoms with van der Waals surface area (Å²) in [6.07, 6.45) is 2.45. The molecular formula is C19H24FNO4. The third-order valence-electron chi connectivity index (χ3n) is 4.03. The van der Waals surface area contributed by atoms with Crippen LogP contribution in [0.5, 0.6) is 5.75 Å². The van der Waals surface area contributed by atoms with Gasteiger partial charge >= 0.3 is 0 Å². The summed E-state index contributed by atoms with van der Waals surface area (Å²) in [6.45, 7) is 6.74. The maximum atomic E-state index is 13.8. The van der Waals surface area contributed by atoms with Gasteiger partial charge in [-0.25, -0.2) is 4.39 Å². The van der Waals surface area contributed by atoms with E-state index >= 15 is 0 Å². The van der Waals surface area contributed by atoms with E-state index in [4.69, 9.17) is 9.47 Å². The zero-order chi connectivity index (χ0) is 18.4. The van der Waals surface area contributed by atoms with Gasteiger partial charge in [0.05, 0.1) is 18.7 Å². The van der Waals surface area contributed by atoms with Crippen molar-refractivity contribution >= 4 is 11.7 Å². The lowest BCUT2D eigenvalue weighted by Gasteiger charge is -2.33. The molecule has 0 radical (unpaired) electrons. The van der Waals surface area contributed by atoms with E-state index in [-0.39, 0.29) is 30.0 Å².